The molecule has 0 saturated heterocycles. The Hall–Kier alpha value is -2.41. The van der Waals surface area contributed by atoms with Crippen LogP contribution >= 0.6 is 0 Å². The SMILES string of the molecule is N=NOS(=O)(=O)N(c1ccccc1)c1ccccc1. The highest BCUT2D eigenvalue weighted by Gasteiger charge is 2.26. The van der Waals surface area contributed by atoms with E-state index in [-0.39, 0.29) is 0 Å². The fraction of sp³-hybridized carbons (Fsp3) is 0. The third-order valence-corrected chi connectivity index (χ3v) is 3.47. The summed E-state index contributed by atoms with van der Waals surface area (Å²) in [6.45, 7) is 0. The molecule has 1 N–H and O–H groups in total. The predicted octanol–water partition coefficient (Wildman–Crippen LogP) is 3.03. The quantitative estimate of drug-likeness (QED) is 0.673. The van der Waals surface area contributed by atoms with Gasteiger partial charge in [0, 0.05) is 5.28 Å². The Morgan fingerprint density at radius 1 is 0.895 bits per heavy atom. The van der Waals surface area contributed by atoms with Crippen molar-refractivity contribution in [2.75, 3.05) is 4.31 Å². The van der Waals surface area contributed by atoms with Gasteiger partial charge < -0.3 is 0 Å². The number of hydrogen-bond acceptors (Lipinski definition) is 5. The average Bonchev–Trinajstić information content (AvgIpc) is 2.41. The first-order valence-corrected chi connectivity index (χ1v) is 6.72. The van der Waals surface area contributed by atoms with Crippen LogP contribution in [0.4, 0.5) is 11.4 Å². The maximum atomic E-state index is 12.0. The summed E-state index contributed by atoms with van der Waals surface area (Å²) >= 11 is 0. The van der Waals surface area contributed by atoms with E-state index in [1.54, 1.807) is 60.7 Å². The summed E-state index contributed by atoms with van der Waals surface area (Å²) in [7, 11) is -4.20. The van der Waals surface area contributed by atoms with Crippen LogP contribution in [0.2, 0.25) is 0 Å². The van der Waals surface area contributed by atoms with Crippen LogP contribution in [0.5, 0.6) is 0 Å². The van der Waals surface area contributed by atoms with Crippen molar-refractivity contribution in [1.82, 2.24) is 0 Å². The van der Waals surface area contributed by atoms with E-state index in [9.17, 15) is 8.42 Å². The zero-order valence-electron chi connectivity index (χ0n) is 9.80. The van der Waals surface area contributed by atoms with Crippen LogP contribution in [0.1, 0.15) is 0 Å². The van der Waals surface area contributed by atoms with Crippen LogP contribution in [-0.4, -0.2) is 8.42 Å². The maximum Gasteiger partial charge on any atom is 0.435 e. The van der Waals surface area contributed by atoms with E-state index in [0.717, 1.165) is 4.31 Å². The highest BCUT2D eigenvalue weighted by atomic mass is 32.2. The molecule has 0 bridgehead atoms. The Balaban J connectivity index is 2.55. The van der Waals surface area contributed by atoms with E-state index >= 15 is 0 Å². The molecule has 0 atom stereocenters. The van der Waals surface area contributed by atoms with Crippen molar-refractivity contribution in [1.29, 1.82) is 5.53 Å². The van der Waals surface area contributed by atoms with Gasteiger partial charge in [-0.1, -0.05) is 36.4 Å². The molecule has 0 heterocycles. The van der Waals surface area contributed by atoms with Gasteiger partial charge >= 0.3 is 10.3 Å². The minimum absolute atomic E-state index is 0.400. The normalized spacial score (nSPS) is 10.7. The lowest BCUT2D eigenvalue weighted by molar-refractivity contribution is 0.301. The number of rotatable bonds is 5. The Kier molecular flexibility index (Phi) is 3.76. The monoisotopic (exact) mass is 277 g/mol. The number of hydrogen-bond donors (Lipinski definition) is 1. The van der Waals surface area contributed by atoms with E-state index in [4.69, 9.17) is 5.53 Å². The van der Waals surface area contributed by atoms with E-state index in [1.165, 1.54) is 0 Å². The van der Waals surface area contributed by atoms with E-state index in [1.807, 2.05) is 0 Å². The second-order valence-corrected chi connectivity index (χ2v) is 4.93. The Morgan fingerprint density at radius 3 is 1.68 bits per heavy atom. The van der Waals surface area contributed by atoms with Gasteiger partial charge in [-0.2, -0.15) is 13.9 Å². The van der Waals surface area contributed by atoms with Gasteiger partial charge in [0.2, 0.25) is 0 Å². The van der Waals surface area contributed by atoms with Crippen molar-refractivity contribution >= 4 is 21.7 Å². The predicted molar refractivity (Wildman–Crippen MR) is 70.2 cm³/mol. The average molecular weight is 277 g/mol. The van der Waals surface area contributed by atoms with Crippen molar-refractivity contribution in [3.63, 3.8) is 0 Å². The van der Waals surface area contributed by atoms with Gasteiger partial charge in [0.05, 0.1) is 11.4 Å². The van der Waals surface area contributed by atoms with Gasteiger partial charge in [-0.3, -0.25) is 0 Å². The Labute approximate surface area is 111 Å². The van der Waals surface area contributed by atoms with E-state index in [2.05, 4.69) is 9.56 Å². The molecule has 0 radical (unpaired) electrons. The molecule has 0 saturated carbocycles. The molecule has 0 aromatic heterocycles. The van der Waals surface area contributed by atoms with E-state index < -0.39 is 10.3 Å². The Bertz CT molecular complexity index is 605. The molecule has 0 aliphatic heterocycles. The van der Waals surface area contributed by atoms with Gasteiger partial charge in [0.15, 0.2) is 0 Å². The number of nitrogens with one attached hydrogen (secondary N) is 1. The number of benzene rings is 2. The van der Waals surface area contributed by atoms with Crippen LogP contribution in [-0.2, 0) is 14.6 Å². The molecule has 2 rings (SSSR count). The summed E-state index contributed by atoms with van der Waals surface area (Å²) in [6.07, 6.45) is 0. The number of para-hydroxylation sites is 2. The molecular weight excluding hydrogens is 266 g/mol. The number of anilines is 2. The first-order chi connectivity index (χ1) is 9.15. The van der Waals surface area contributed by atoms with Gasteiger partial charge in [-0.05, 0) is 24.3 Å². The lowest BCUT2D eigenvalue weighted by Gasteiger charge is -2.21. The summed E-state index contributed by atoms with van der Waals surface area (Å²) in [5.74, 6) is 0. The van der Waals surface area contributed by atoms with Crippen molar-refractivity contribution in [2.45, 2.75) is 0 Å². The second-order valence-electron chi connectivity index (χ2n) is 3.56. The largest absolute Gasteiger partial charge is 0.435 e. The summed E-state index contributed by atoms with van der Waals surface area (Å²) < 4.78 is 29.2. The number of nitrogens with zero attached hydrogens (tertiary/aromatic N) is 2. The lowest BCUT2D eigenvalue weighted by Crippen LogP contribution is -2.26. The smallest absolute Gasteiger partial charge is 0.232 e. The third-order valence-electron chi connectivity index (χ3n) is 2.34. The molecule has 0 unspecified atom stereocenters. The zero-order chi connectivity index (χ0) is 13.7. The van der Waals surface area contributed by atoms with Gasteiger partial charge in [0.1, 0.15) is 0 Å². The summed E-state index contributed by atoms with van der Waals surface area (Å²) in [5.41, 5.74) is 7.37. The molecule has 7 heteroatoms. The van der Waals surface area contributed by atoms with Crippen LogP contribution in [0.3, 0.4) is 0 Å². The molecule has 0 fully saturated rings. The molecule has 0 aliphatic rings. The van der Waals surface area contributed by atoms with Crippen LogP contribution in [0.25, 0.3) is 0 Å². The second kappa shape index (κ2) is 5.49. The molecule has 0 spiro atoms. The van der Waals surface area contributed by atoms with Crippen LogP contribution in [0.15, 0.2) is 65.9 Å². The van der Waals surface area contributed by atoms with Crippen LogP contribution < -0.4 is 4.31 Å². The third kappa shape index (κ3) is 2.89. The minimum Gasteiger partial charge on any atom is -0.232 e. The standard InChI is InChI=1S/C12H11N3O3S/c13-14-18-19(16,17)15(11-7-3-1-4-8-11)12-9-5-2-6-10-12/h1-10,13H. The van der Waals surface area contributed by atoms with E-state index in [0.29, 0.717) is 11.4 Å². The first kappa shape index (κ1) is 13.0. The maximum absolute atomic E-state index is 12.0. The zero-order valence-corrected chi connectivity index (χ0v) is 10.6. The van der Waals surface area contributed by atoms with Crippen molar-refractivity contribution in [2.24, 2.45) is 5.28 Å². The van der Waals surface area contributed by atoms with Gasteiger partial charge in [-0.25, -0.2) is 8.59 Å². The fourth-order valence-electron chi connectivity index (χ4n) is 1.61. The molecule has 0 aliphatic carbocycles. The van der Waals surface area contributed by atoms with Gasteiger partial charge in [-0.15, -0.1) is 0 Å². The minimum atomic E-state index is -4.20. The van der Waals surface area contributed by atoms with Crippen molar-refractivity contribution < 1.29 is 12.7 Å². The molecule has 6 nitrogen and oxygen atoms in total. The summed E-state index contributed by atoms with van der Waals surface area (Å²) in [4.78, 5) is 0. The highest BCUT2D eigenvalue weighted by Crippen LogP contribution is 2.28. The molecule has 2 aromatic rings. The molecule has 2 aromatic carbocycles. The van der Waals surface area contributed by atoms with Crippen LogP contribution in [0, 0.1) is 5.53 Å². The molecule has 19 heavy (non-hydrogen) atoms. The lowest BCUT2D eigenvalue weighted by atomic mass is 10.3. The van der Waals surface area contributed by atoms with Crippen molar-refractivity contribution in [3.05, 3.63) is 60.7 Å². The highest BCUT2D eigenvalue weighted by molar-refractivity contribution is 7.88. The first-order valence-electron chi connectivity index (χ1n) is 5.36. The summed E-state index contributed by atoms with van der Waals surface area (Å²) in [6, 6.07) is 16.9. The van der Waals surface area contributed by atoms with Gasteiger partial charge in [0.25, 0.3) is 0 Å². The topological polar surface area (TPSA) is 82.8 Å². The molecule has 98 valence electrons. The molecular formula is C12H11N3O3S. The molecule has 0 amide bonds. The fourth-order valence-corrected chi connectivity index (χ4v) is 2.54. The Morgan fingerprint density at radius 2 is 1.32 bits per heavy atom. The summed E-state index contributed by atoms with van der Waals surface area (Å²) in [5, 5.41) is 2.50. The van der Waals surface area contributed by atoms with Crippen molar-refractivity contribution in [3.8, 4) is 0 Å².